The number of nitrogens with two attached hydrogens (primary N) is 1. The smallest absolute Gasteiger partial charge is 0.221 e. The van der Waals surface area contributed by atoms with Crippen LogP contribution >= 0.6 is 0 Å². The number of aromatic nitrogens is 3. The molecule has 0 unspecified atom stereocenters. The van der Waals surface area contributed by atoms with E-state index in [-0.39, 0.29) is 5.91 Å². The number of hydrogen-bond donors (Lipinski definition) is 2. The second-order valence-corrected chi connectivity index (χ2v) is 5.36. The van der Waals surface area contributed by atoms with Gasteiger partial charge in [-0.05, 0) is 25.0 Å². The molecule has 0 aliphatic heterocycles. The van der Waals surface area contributed by atoms with Crippen molar-refractivity contribution in [1.29, 1.82) is 0 Å². The largest absolute Gasteiger partial charge is 0.369 e. The monoisotopic (exact) mass is 275 g/mol. The molecule has 0 saturated carbocycles. The standard InChI is InChI=1S/C14H21N5O/c1-9(2)8-16-12(20)6-7-19-13-11(18-14(19)15)5-4-10(3)17-13/h4-5,9H,6-8H2,1-3H3,(H2,15,18)(H,16,20). The molecule has 108 valence electrons. The second-order valence-electron chi connectivity index (χ2n) is 5.36. The van der Waals surface area contributed by atoms with Gasteiger partial charge >= 0.3 is 0 Å². The Balaban J connectivity index is 2.08. The minimum atomic E-state index is 0.0209. The molecule has 0 aliphatic carbocycles. The molecular formula is C14H21N5O. The molecule has 2 aromatic rings. The highest BCUT2D eigenvalue weighted by molar-refractivity contribution is 5.77. The van der Waals surface area contributed by atoms with E-state index in [0.717, 1.165) is 16.9 Å². The minimum Gasteiger partial charge on any atom is -0.369 e. The molecule has 20 heavy (non-hydrogen) atoms. The lowest BCUT2D eigenvalue weighted by Crippen LogP contribution is -2.28. The molecule has 0 atom stereocenters. The first-order valence-electron chi connectivity index (χ1n) is 6.83. The van der Waals surface area contributed by atoms with Crippen molar-refractivity contribution in [3.63, 3.8) is 0 Å². The van der Waals surface area contributed by atoms with Crippen LogP contribution < -0.4 is 11.1 Å². The summed E-state index contributed by atoms with van der Waals surface area (Å²) in [6.45, 7) is 7.23. The Morgan fingerprint density at radius 2 is 2.15 bits per heavy atom. The highest BCUT2D eigenvalue weighted by Gasteiger charge is 2.11. The molecule has 0 saturated heterocycles. The van der Waals surface area contributed by atoms with Crippen LogP contribution in [0.1, 0.15) is 26.0 Å². The van der Waals surface area contributed by atoms with E-state index >= 15 is 0 Å². The number of nitrogens with zero attached hydrogens (tertiary/aromatic N) is 3. The third-order valence-corrected chi connectivity index (χ3v) is 3.03. The molecule has 6 nitrogen and oxygen atoms in total. The van der Waals surface area contributed by atoms with Crippen LogP contribution in [0.3, 0.4) is 0 Å². The molecule has 2 heterocycles. The quantitative estimate of drug-likeness (QED) is 0.865. The van der Waals surface area contributed by atoms with Gasteiger partial charge in [-0.25, -0.2) is 9.97 Å². The van der Waals surface area contributed by atoms with Crippen molar-refractivity contribution < 1.29 is 4.79 Å². The number of hydrogen-bond acceptors (Lipinski definition) is 4. The molecular weight excluding hydrogens is 254 g/mol. The average Bonchev–Trinajstić information content (AvgIpc) is 2.69. The van der Waals surface area contributed by atoms with E-state index < -0.39 is 0 Å². The third-order valence-electron chi connectivity index (χ3n) is 3.03. The minimum absolute atomic E-state index is 0.0209. The van der Waals surface area contributed by atoms with Gasteiger partial charge in [-0.3, -0.25) is 9.36 Å². The van der Waals surface area contributed by atoms with Gasteiger partial charge in [0.1, 0.15) is 5.52 Å². The first-order chi connectivity index (χ1) is 9.47. The number of anilines is 1. The van der Waals surface area contributed by atoms with Gasteiger partial charge in [0.2, 0.25) is 11.9 Å². The molecule has 0 radical (unpaired) electrons. The summed E-state index contributed by atoms with van der Waals surface area (Å²) in [5.41, 5.74) is 8.29. The number of fused-ring (bicyclic) bond motifs is 1. The Morgan fingerprint density at radius 1 is 1.40 bits per heavy atom. The number of nitrogen functional groups attached to an aromatic ring is 1. The summed E-state index contributed by atoms with van der Waals surface area (Å²) >= 11 is 0. The number of pyridine rings is 1. The summed E-state index contributed by atoms with van der Waals surface area (Å²) in [5, 5.41) is 2.89. The topological polar surface area (TPSA) is 85.8 Å². The molecule has 2 rings (SSSR count). The number of rotatable bonds is 5. The maximum Gasteiger partial charge on any atom is 0.221 e. The summed E-state index contributed by atoms with van der Waals surface area (Å²) in [6.07, 6.45) is 0.373. The second kappa shape index (κ2) is 5.90. The summed E-state index contributed by atoms with van der Waals surface area (Å²) in [7, 11) is 0. The SMILES string of the molecule is Cc1ccc2nc(N)n(CCC(=O)NCC(C)C)c2n1. The highest BCUT2D eigenvalue weighted by Crippen LogP contribution is 2.16. The van der Waals surface area contributed by atoms with E-state index in [2.05, 4.69) is 29.1 Å². The maximum absolute atomic E-state index is 11.8. The Morgan fingerprint density at radius 3 is 2.85 bits per heavy atom. The van der Waals surface area contributed by atoms with Gasteiger partial charge < -0.3 is 11.1 Å². The van der Waals surface area contributed by atoms with E-state index in [4.69, 9.17) is 5.73 Å². The third kappa shape index (κ3) is 3.26. The normalized spacial score (nSPS) is 11.2. The number of amides is 1. The van der Waals surface area contributed by atoms with Crippen molar-refractivity contribution in [2.45, 2.75) is 33.7 Å². The van der Waals surface area contributed by atoms with Crippen LogP contribution in [0.2, 0.25) is 0 Å². The number of carbonyl (C=O) groups is 1. The van der Waals surface area contributed by atoms with Crippen molar-refractivity contribution in [2.75, 3.05) is 12.3 Å². The van der Waals surface area contributed by atoms with Gasteiger partial charge in [-0.1, -0.05) is 13.8 Å². The van der Waals surface area contributed by atoms with Gasteiger partial charge in [0, 0.05) is 25.2 Å². The van der Waals surface area contributed by atoms with Crippen LogP contribution in [0, 0.1) is 12.8 Å². The fourth-order valence-electron chi connectivity index (χ4n) is 1.95. The predicted octanol–water partition coefficient (Wildman–Crippen LogP) is 1.48. The molecule has 0 bridgehead atoms. The highest BCUT2D eigenvalue weighted by atomic mass is 16.1. The van der Waals surface area contributed by atoms with E-state index in [0.29, 0.717) is 31.4 Å². The zero-order valence-electron chi connectivity index (χ0n) is 12.2. The Bertz CT molecular complexity index is 617. The maximum atomic E-state index is 11.8. The number of imidazole rings is 1. The Labute approximate surface area is 118 Å². The number of aryl methyl sites for hydroxylation is 2. The Kier molecular flexibility index (Phi) is 4.22. The zero-order valence-corrected chi connectivity index (χ0v) is 12.2. The molecule has 0 fully saturated rings. The van der Waals surface area contributed by atoms with E-state index in [9.17, 15) is 4.79 Å². The van der Waals surface area contributed by atoms with Crippen LogP contribution in [0.5, 0.6) is 0 Å². The van der Waals surface area contributed by atoms with Gasteiger partial charge in [0.15, 0.2) is 5.65 Å². The fraction of sp³-hybridized carbons (Fsp3) is 0.500. The van der Waals surface area contributed by atoms with E-state index in [1.807, 2.05) is 19.1 Å². The zero-order chi connectivity index (χ0) is 14.7. The van der Waals surface area contributed by atoms with Gasteiger partial charge in [-0.15, -0.1) is 0 Å². The molecule has 0 aromatic carbocycles. The van der Waals surface area contributed by atoms with Crippen molar-refractivity contribution in [1.82, 2.24) is 19.9 Å². The molecule has 2 aromatic heterocycles. The van der Waals surface area contributed by atoms with Crippen molar-refractivity contribution >= 4 is 23.0 Å². The van der Waals surface area contributed by atoms with Crippen LogP contribution in [0.4, 0.5) is 5.95 Å². The van der Waals surface area contributed by atoms with Gasteiger partial charge in [-0.2, -0.15) is 0 Å². The molecule has 1 amide bonds. The molecule has 0 aliphatic rings. The predicted molar refractivity (Wildman–Crippen MR) is 79.1 cm³/mol. The van der Waals surface area contributed by atoms with E-state index in [1.54, 1.807) is 4.57 Å². The van der Waals surface area contributed by atoms with E-state index in [1.165, 1.54) is 0 Å². The lowest BCUT2D eigenvalue weighted by Gasteiger charge is -2.09. The van der Waals surface area contributed by atoms with Crippen molar-refractivity contribution in [2.24, 2.45) is 5.92 Å². The van der Waals surface area contributed by atoms with Gasteiger partial charge in [0.25, 0.3) is 0 Å². The average molecular weight is 275 g/mol. The summed E-state index contributed by atoms with van der Waals surface area (Å²) in [5.74, 6) is 0.866. The van der Waals surface area contributed by atoms with Crippen LogP contribution in [-0.2, 0) is 11.3 Å². The number of nitrogens with one attached hydrogen (secondary N) is 1. The summed E-state index contributed by atoms with van der Waals surface area (Å²) in [6, 6.07) is 3.79. The molecule has 0 spiro atoms. The molecule has 3 N–H and O–H groups in total. The first kappa shape index (κ1) is 14.3. The van der Waals surface area contributed by atoms with Crippen LogP contribution in [0.25, 0.3) is 11.2 Å². The summed E-state index contributed by atoms with van der Waals surface area (Å²) < 4.78 is 1.79. The summed E-state index contributed by atoms with van der Waals surface area (Å²) in [4.78, 5) is 20.4. The van der Waals surface area contributed by atoms with Crippen LogP contribution in [-0.4, -0.2) is 27.0 Å². The first-order valence-corrected chi connectivity index (χ1v) is 6.83. The lowest BCUT2D eigenvalue weighted by molar-refractivity contribution is -0.121. The Hall–Kier alpha value is -2.11. The number of carbonyl (C=O) groups excluding carboxylic acids is 1. The van der Waals surface area contributed by atoms with Gasteiger partial charge in [0.05, 0.1) is 0 Å². The molecule has 6 heteroatoms. The fourth-order valence-corrected chi connectivity index (χ4v) is 1.95. The van der Waals surface area contributed by atoms with Crippen molar-refractivity contribution in [3.8, 4) is 0 Å². The lowest BCUT2D eigenvalue weighted by atomic mass is 10.2. The van der Waals surface area contributed by atoms with Crippen molar-refractivity contribution in [3.05, 3.63) is 17.8 Å². The van der Waals surface area contributed by atoms with Crippen LogP contribution in [0.15, 0.2) is 12.1 Å².